The Bertz CT molecular complexity index is 1060. The van der Waals surface area contributed by atoms with Gasteiger partial charge in [-0.2, -0.15) is 5.10 Å². The van der Waals surface area contributed by atoms with Gasteiger partial charge >= 0.3 is 0 Å². The predicted molar refractivity (Wildman–Crippen MR) is 113 cm³/mol. The van der Waals surface area contributed by atoms with Crippen LogP contribution in [0.15, 0.2) is 52.4 Å². The molecule has 0 atom stereocenters. The first-order chi connectivity index (χ1) is 14.2. The van der Waals surface area contributed by atoms with Crippen molar-refractivity contribution in [2.24, 2.45) is 5.10 Å². The minimum atomic E-state index is -0.119. The summed E-state index contributed by atoms with van der Waals surface area (Å²) in [5.41, 5.74) is 4.15. The monoisotopic (exact) mass is 396 g/mol. The molecule has 1 N–H and O–H groups in total. The van der Waals surface area contributed by atoms with Crippen molar-refractivity contribution in [1.29, 1.82) is 0 Å². The van der Waals surface area contributed by atoms with Gasteiger partial charge in [0, 0.05) is 31.9 Å². The zero-order valence-electron chi connectivity index (χ0n) is 16.7. The first-order valence-electron chi connectivity index (χ1n) is 9.17. The summed E-state index contributed by atoms with van der Waals surface area (Å²) < 4.78 is 17.3. The molecular formula is C21H24N4O4. The highest BCUT2D eigenvalue weighted by atomic mass is 16.5. The molecule has 0 radical (unpaired) electrons. The molecule has 8 heteroatoms. The molecular weight excluding hydrogens is 372 g/mol. The molecule has 0 bridgehead atoms. The number of methoxy groups -OCH3 is 3. The summed E-state index contributed by atoms with van der Waals surface area (Å²) in [5.74, 6) is 1.68. The van der Waals surface area contributed by atoms with Gasteiger partial charge in [-0.25, -0.2) is 10.4 Å². The summed E-state index contributed by atoms with van der Waals surface area (Å²) in [6.45, 7) is 1.01. The van der Waals surface area contributed by atoms with E-state index in [0.717, 1.165) is 5.56 Å². The fraction of sp³-hybridized carbons (Fsp3) is 0.286. The first kappa shape index (κ1) is 20.3. The molecule has 8 nitrogen and oxygen atoms in total. The molecule has 3 rings (SSSR count). The Labute approximate surface area is 168 Å². The van der Waals surface area contributed by atoms with Crippen molar-refractivity contribution in [2.75, 3.05) is 33.4 Å². The van der Waals surface area contributed by atoms with E-state index in [1.165, 1.54) is 0 Å². The topological polar surface area (TPSA) is 87.0 Å². The van der Waals surface area contributed by atoms with E-state index in [1.54, 1.807) is 50.3 Å². The number of benzene rings is 2. The number of hydrogen-bond acceptors (Lipinski definition) is 7. The van der Waals surface area contributed by atoms with Crippen molar-refractivity contribution in [3.8, 4) is 11.5 Å². The van der Waals surface area contributed by atoms with Gasteiger partial charge in [-0.3, -0.25) is 9.36 Å². The minimum absolute atomic E-state index is 0.119. The van der Waals surface area contributed by atoms with E-state index < -0.39 is 0 Å². The largest absolute Gasteiger partial charge is 0.497 e. The fourth-order valence-corrected chi connectivity index (χ4v) is 2.91. The molecule has 0 aliphatic heterocycles. The van der Waals surface area contributed by atoms with E-state index >= 15 is 0 Å². The van der Waals surface area contributed by atoms with E-state index in [1.807, 2.05) is 24.3 Å². The van der Waals surface area contributed by atoms with Crippen molar-refractivity contribution < 1.29 is 14.2 Å². The average Bonchev–Trinajstić information content (AvgIpc) is 2.76. The van der Waals surface area contributed by atoms with Crippen LogP contribution in [0.25, 0.3) is 10.9 Å². The molecule has 0 aliphatic carbocycles. The number of rotatable bonds is 9. The van der Waals surface area contributed by atoms with Gasteiger partial charge in [0.1, 0.15) is 11.5 Å². The van der Waals surface area contributed by atoms with Gasteiger partial charge in [0.15, 0.2) is 0 Å². The Kier molecular flexibility index (Phi) is 6.80. The average molecular weight is 396 g/mol. The van der Waals surface area contributed by atoms with Crippen LogP contribution in [0.2, 0.25) is 0 Å². The molecule has 0 amide bonds. The molecule has 0 saturated carbocycles. The van der Waals surface area contributed by atoms with Gasteiger partial charge in [-0.15, -0.1) is 0 Å². The van der Waals surface area contributed by atoms with Gasteiger partial charge in [-0.1, -0.05) is 12.1 Å². The summed E-state index contributed by atoms with van der Waals surface area (Å²) in [6.07, 6.45) is 2.29. The van der Waals surface area contributed by atoms with Crippen LogP contribution in [0.5, 0.6) is 11.5 Å². The van der Waals surface area contributed by atoms with Crippen LogP contribution >= 0.6 is 0 Å². The lowest BCUT2D eigenvalue weighted by Crippen LogP contribution is -2.24. The summed E-state index contributed by atoms with van der Waals surface area (Å²) in [5, 5.41) is 4.83. The maximum atomic E-state index is 12.9. The molecule has 0 aliphatic rings. The lowest BCUT2D eigenvalue weighted by molar-refractivity contribution is 0.190. The Hall–Kier alpha value is -3.39. The zero-order chi connectivity index (χ0) is 20.6. The lowest BCUT2D eigenvalue weighted by atomic mass is 10.2. The van der Waals surface area contributed by atoms with Crippen LogP contribution in [0, 0.1) is 0 Å². The zero-order valence-corrected chi connectivity index (χ0v) is 16.7. The fourth-order valence-electron chi connectivity index (χ4n) is 2.91. The highest BCUT2D eigenvalue weighted by molar-refractivity contribution is 5.84. The number of para-hydroxylation sites is 1. The van der Waals surface area contributed by atoms with Crippen LogP contribution in [0.4, 0.5) is 5.95 Å². The van der Waals surface area contributed by atoms with Gasteiger partial charge in [0.2, 0.25) is 5.95 Å². The minimum Gasteiger partial charge on any atom is -0.497 e. The SMILES string of the molecule is COCCCn1c(N/N=C\c2ccc(OC)cc2OC)nc2ccccc2c1=O. The van der Waals surface area contributed by atoms with Crippen LogP contribution < -0.4 is 20.5 Å². The number of hydrogen-bond donors (Lipinski definition) is 1. The summed E-state index contributed by atoms with van der Waals surface area (Å²) in [4.78, 5) is 17.5. The van der Waals surface area contributed by atoms with Crippen molar-refractivity contribution in [2.45, 2.75) is 13.0 Å². The van der Waals surface area contributed by atoms with E-state index in [9.17, 15) is 4.79 Å². The van der Waals surface area contributed by atoms with Gasteiger partial charge in [0.25, 0.3) is 5.56 Å². The number of nitrogens with zero attached hydrogens (tertiary/aromatic N) is 3. The smallest absolute Gasteiger partial charge is 0.262 e. The maximum Gasteiger partial charge on any atom is 0.262 e. The van der Waals surface area contributed by atoms with E-state index in [2.05, 4.69) is 15.5 Å². The van der Waals surface area contributed by atoms with Crippen molar-refractivity contribution in [1.82, 2.24) is 9.55 Å². The number of ether oxygens (including phenoxy) is 3. The molecule has 0 fully saturated rings. The summed E-state index contributed by atoms with van der Waals surface area (Å²) in [7, 11) is 4.81. The summed E-state index contributed by atoms with van der Waals surface area (Å²) in [6, 6.07) is 12.7. The van der Waals surface area contributed by atoms with Crippen molar-refractivity contribution >= 4 is 23.1 Å². The standard InChI is InChI=1S/C21H24N4O4/c1-27-12-6-11-25-20(26)17-7-4-5-8-18(17)23-21(25)24-22-14-15-9-10-16(28-2)13-19(15)29-3/h4-5,7-10,13-14H,6,11-12H2,1-3H3,(H,23,24)/b22-14-. The maximum absolute atomic E-state index is 12.9. The highest BCUT2D eigenvalue weighted by Gasteiger charge is 2.10. The van der Waals surface area contributed by atoms with Gasteiger partial charge < -0.3 is 14.2 Å². The molecule has 0 spiro atoms. The lowest BCUT2D eigenvalue weighted by Gasteiger charge is -2.12. The Morgan fingerprint density at radius 1 is 1.14 bits per heavy atom. The molecule has 1 heterocycles. The molecule has 1 aromatic heterocycles. The van der Waals surface area contributed by atoms with Crippen LogP contribution in [0.1, 0.15) is 12.0 Å². The third-order valence-corrected chi connectivity index (χ3v) is 4.40. The first-order valence-corrected chi connectivity index (χ1v) is 9.17. The van der Waals surface area contributed by atoms with E-state index in [4.69, 9.17) is 14.2 Å². The number of aromatic nitrogens is 2. The van der Waals surface area contributed by atoms with Gasteiger partial charge in [-0.05, 0) is 30.7 Å². The Morgan fingerprint density at radius 2 is 1.97 bits per heavy atom. The number of nitrogens with one attached hydrogen (secondary N) is 1. The third kappa shape index (κ3) is 4.72. The second-order valence-corrected chi connectivity index (χ2v) is 6.23. The Balaban J connectivity index is 1.91. The predicted octanol–water partition coefficient (Wildman–Crippen LogP) is 2.90. The number of hydrazone groups is 1. The molecule has 29 heavy (non-hydrogen) atoms. The molecule has 3 aromatic rings. The molecule has 0 unspecified atom stereocenters. The molecule has 2 aromatic carbocycles. The van der Waals surface area contributed by atoms with Crippen molar-refractivity contribution in [3.05, 3.63) is 58.4 Å². The van der Waals surface area contributed by atoms with E-state index in [0.29, 0.717) is 47.9 Å². The number of fused-ring (bicyclic) bond motifs is 1. The number of anilines is 1. The quantitative estimate of drug-likeness (QED) is 0.340. The third-order valence-electron chi connectivity index (χ3n) is 4.40. The van der Waals surface area contributed by atoms with E-state index in [-0.39, 0.29) is 5.56 Å². The second kappa shape index (κ2) is 9.70. The van der Waals surface area contributed by atoms with Crippen LogP contribution in [-0.2, 0) is 11.3 Å². The van der Waals surface area contributed by atoms with Crippen molar-refractivity contribution in [3.63, 3.8) is 0 Å². The Morgan fingerprint density at radius 3 is 2.72 bits per heavy atom. The molecule has 152 valence electrons. The molecule has 0 saturated heterocycles. The normalized spacial score (nSPS) is 11.1. The summed E-state index contributed by atoms with van der Waals surface area (Å²) >= 11 is 0. The van der Waals surface area contributed by atoms with Crippen LogP contribution in [0.3, 0.4) is 0 Å². The second-order valence-electron chi connectivity index (χ2n) is 6.23. The van der Waals surface area contributed by atoms with Crippen LogP contribution in [-0.4, -0.2) is 43.7 Å². The highest BCUT2D eigenvalue weighted by Crippen LogP contribution is 2.23. The van der Waals surface area contributed by atoms with Gasteiger partial charge in [0.05, 0.1) is 31.3 Å².